The highest BCUT2D eigenvalue weighted by Crippen LogP contribution is 2.18. The smallest absolute Gasteiger partial charge is 0.212 e. The number of hydroxylamine groups is 3. The van der Waals surface area contributed by atoms with Crippen LogP contribution in [0.2, 0.25) is 0 Å². The van der Waals surface area contributed by atoms with E-state index < -0.39 is 0 Å². The van der Waals surface area contributed by atoms with Gasteiger partial charge in [0.15, 0.2) is 0 Å². The Bertz CT molecular complexity index is 121. The van der Waals surface area contributed by atoms with Crippen LogP contribution in [0.1, 0.15) is 19.8 Å². The SMILES string of the molecule is COC(C)O[N+]1(C)CCCC1. The molecule has 1 rings (SSSR count). The summed E-state index contributed by atoms with van der Waals surface area (Å²) in [5.74, 6) is 0. The molecule has 0 N–H and O–H groups in total. The monoisotopic (exact) mass is 160 g/mol. The molecule has 0 saturated carbocycles. The largest absolute Gasteiger partial charge is 0.351 e. The quantitative estimate of drug-likeness (QED) is 0.455. The maximum absolute atomic E-state index is 5.66. The van der Waals surface area contributed by atoms with Crippen LogP contribution in [-0.4, -0.2) is 38.2 Å². The molecule has 0 bridgehead atoms. The standard InChI is InChI=1S/C8H18NO2/c1-8(10-3)11-9(2)6-4-5-7-9/h8H,4-7H2,1-3H3/q+1. The van der Waals surface area contributed by atoms with Crippen LogP contribution in [0.3, 0.4) is 0 Å². The molecule has 0 aromatic carbocycles. The number of nitrogens with zero attached hydrogens (tertiary/aromatic N) is 1. The lowest BCUT2D eigenvalue weighted by atomic mass is 10.4. The van der Waals surface area contributed by atoms with Gasteiger partial charge in [0.2, 0.25) is 6.29 Å². The topological polar surface area (TPSA) is 18.5 Å². The van der Waals surface area contributed by atoms with Gasteiger partial charge in [0.1, 0.15) is 13.1 Å². The molecule has 1 aliphatic heterocycles. The van der Waals surface area contributed by atoms with Gasteiger partial charge in [-0.05, 0) is 6.92 Å². The van der Waals surface area contributed by atoms with Gasteiger partial charge in [-0.2, -0.15) is 9.48 Å². The van der Waals surface area contributed by atoms with Crippen molar-refractivity contribution in [2.45, 2.75) is 26.1 Å². The van der Waals surface area contributed by atoms with Gasteiger partial charge >= 0.3 is 0 Å². The van der Waals surface area contributed by atoms with Crippen molar-refractivity contribution in [3.8, 4) is 0 Å². The number of likely N-dealkylation sites (tertiary alicyclic amines) is 1. The number of methoxy groups -OCH3 is 1. The molecule has 1 heterocycles. The predicted molar refractivity (Wildman–Crippen MR) is 42.7 cm³/mol. The zero-order valence-electron chi connectivity index (χ0n) is 7.67. The molecule has 0 aliphatic carbocycles. The summed E-state index contributed by atoms with van der Waals surface area (Å²) in [5.41, 5.74) is 0. The highest BCUT2D eigenvalue weighted by Gasteiger charge is 2.30. The van der Waals surface area contributed by atoms with Gasteiger partial charge in [0.25, 0.3) is 0 Å². The number of hydrogen-bond acceptors (Lipinski definition) is 2. The lowest BCUT2D eigenvalue weighted by Crippen LogP contribution is -2.43. The Balaban J connectivity index is 2.33. The lowest BCUT2D eigenvalue weighted by molar-refractivity contribution is -1.09. The van der Waals surface area contributed by atoms with E-state index in [-0.39, 0.29) is 6.29 Å². The van der Waals surface area contributed by atoms with E-state index in [1.54, 1.807) is 7.11 Å². The Morgan fingerprint density at radius 3 is 2.27 bits per heavy atom. The second kappa shape index (κ2) is 3.52. The fourth-order valence-corrected chi connectivity index (χ4v) is 1.51. The molecule has 3 heteroatoms. The van der Waals surface area contributed by atoms with Crippen molar-refractivity contribution in [2.24, 2.45) is 0 Å². The molecule has 0 aromatic heterocycles. The average molecular weight is 160 g/mol. The Hall–Kier alpha value is -0.120. The van der Waals surface area contributed by atoms with Crippen molar-refractivity contribution >= 4 is 0 Å². The molecule has 1 fully saturated rings. The molecule has 66 valence electrons. The molecule has 0 spiro atoms. The number of hydrogen-bond donors (Lipinski definition) is 0. The van der Waals surface area contributed by atoms with Gasteiger partial charge in [0.05, 0.1) is 7.05 Å². The van der Waals surface area contributed by atoms with Gasteiger partial charge in [-0.15, -0.1) is 0 Å². The third-order valence-corrected chi connectivity index (χ3v) is 2.25. The van der Waals surface area contributed by atoms with Crippen molar-refractivity contribution in [1.29, 1.82) is 0 Å². The summed E-state index contributed by atoms with van der Waals surface area (Å²) >= 11 is 0. The number of quaternary nitrogens is 1. The summed E-state index contributed by atoms with van der Waals surface area (Å²) in [6.45, 7) is 4.17. The van der Waals surface area contributed by atoms with E-state index in [9.17, 15) is 0 Å². The summed E-state index contributed by atoms with van der Waals surface area (Å²) in [5, 5.41) is 0. The summed E-state index contributed by atoms with van der Waals surface area (Å²) in [7, 11) is 3.79. The first-order valence-corrected chi connectivity index (χ1v) is 4.22. The van der Waals surface area contributed by atoms with Crippen molar-refractivity contribution in [3.63, 3.8) is 0 Å². The van der Waals surface area contributed by atoms with E-state index in [0.717, 1.165) is 17.7 Å². The summed E-state index contributed by atoms with van der Waals surface area (Å²) in [4.78, 5) is 5.66. The van der Waals surface area contributed by atoms with E-state index >= 15 is 0 Å². The molecule has 1 aliphatic rings. The minimum Gasteiger partial charge on any atom is -0.351 e. The van der Waals surface area contributed by atoms with E-state index in [4.69, 9.17) is 9.57 Å². The Kier molecular flexibility index (Phi) is 2.87. The van der Waals surface area contributed by atoms with Crippen LogP contribution < -0.4 is 0 Å². The zero-order valence-corrected chi connectivity index (χ0v) is 7.67. The van der Waals surface area contributed by atoms with Crippen LogP contribution in [0.4, 0.5) is 0 Å². The highest BCUT2D eigenvalue weighted by atomic mass is 16.8. The van der Waals surface area contributed by atoms with Crippen LogP contribution >= 0.6 is 0 Å². The number of rotatable bonds is 3. The Labute approximate surface area is 68.4 Å². The second-order valence-electron chi connectivity index (χ2n) is 3.36. The van der Waals surface area contributed by atoms with Crippen LogP contribution in [0, 0.1) is 0 Å². The molecule has 0 radical (unpaired) electrons. The zero-order chi connectivity index (χ0) is 8.32. The van der Waals surface area contributed by atoms with Crippen molar-refractivity contribution in [3.05, 3.63) is 0 Å². The number of ether oxygens (including phenoxy) is 1. The lowest BCUT2D eigenvalue weighted by Gasteiger charge is -2.28. The molecule has 3 nitrogen and oxygen atoms in total. The maximum Gasteiger partial charge on any atom is 0.212 e. The third kappa shape index (κ3) is 2.43. The predicted octanol–water partition coefficient (Wildman–Crippen LogP) is 1.15. The van der Waals surface area contributed by atoms with Crippen molar-refractivity contribution < 1.29 is 14.2 Å². The fourth-order valence-electron chi connectivity index (χ4n) is 1.51. The van der Waals surface area contributed by atoms with E-state index in [1.807, 2.05) is 6.92 Å². The molecule has 1 atom stereocenters. The first-order chi connectivity index (χ1) is 5.16. The molecule has 1 unspecified atom stereocenters. The van der Waals surface area contributed by atoms with Crippen LogP contribution in [0.25, 0.3) is 0 Å². The molecular formula is C8H18NO2+. The summed E-state index contributed by atoms with van der Waals surface area (Å²) in [6, 6.07) is 0. The van der Waals surface area contributed by atoms with E-state index in [0.29, 0.717) is 0 Å². The maximum atomic E-state index is 5.66. The van der Waals surface area contributed by atoms with Gasteiger partial charge in [-0.1, -0.05) is 0 Å². The molecule has 0 aromatic rings. The summed E-state index contributed by atoms with van der Waals surface area (Å²) < 4.78 is 5.76. The van der Waals surface area contributed by atoms with Gasteiger partial charge in [-0.25, -0.2) is 0 Å². The van der Waals surface area contributed by atoms with Crippen LogP contribution in [-0.2, 0) is 9.57 Å². The minimum atomic E-state index is -0.0851. The van der Waals surface area contributed by atoms with E-state index in [2.05, 4.69) is 7.05 Å². The Morgan fingerprint density at radius 2 is 1.82 bits per heavy atom. The minimum absolute atomic E-state index is 0.0851. The van der Waals surface area contributed by atoms with Crippen molar-refractivity contribution in [2.75, 3.05) is 27.2 Å². The first-order valence-electron chi connectivity index (χ1n) is 4.22. The fraction of sp³-hybridized carbons (Fsp3) is 1.00. The third-order valence-electron chi connectivity index (χ3n) is 2.25. The molecule has 1 saturated heterocycles. The van der Waals surface area contributed by atoms with Gasteiger partial charge in [-0.3, -0.25) is 0 Å². The average Bonchev–Trinajstić information content (AvgIpc) is 2.36. The molecule has 11 heavy (non-hydrogen) atoms. The normalized spacial score (nSPS) is 25.4. The van der Waals surface area contributed by atoms with Crippen LogP contribution in [0.15, 0.2) is 0 Å². The highest BCUT2D eigenvalue weighted by molar-refractivity contribution is 4.45. The first kappa shape index (κ1) is 8.97. The molecular weight excluding hydrogens is 142 g/mol. The second-order valence-corrected chi connectivity index (χ2v) is 3.36. The Morgan fingerprint density at radius 1 is 1.27 bits per heavy atom. The van der Waals surface area contributed by atoms with Crippen molar-refractivity contribution in [1.82, 2.24) is 0 Å². The van der Waals surface area contributed by atoms with Crippen LogP contribution in [0.5, 0.6) is 0 Å². The summed E-state index contributed by atoms with van der Waals surface area (Å²) in [6.07, 6.45) is 2.46. The van der Waals surface area contributed by atoms with Gasteiger partial charge < -0.3 is 4.74 Å². The van der Waals surface area contributed by atoms with Gasteiger partial charge in [0, 0.05) is 20.0 Å². The molecule has 0 amide bonds. The van der Waals surface area contributed by atoms with E-state index in [1.165, 1.54) is 12.8 Å².